The topological polar surface area (TPSA) is 21.3 Å². The Morgan fingerprint density at radius 3 is 2.75 bits per heavy atom. The van der Waals surface area contributed by atoms with Crippen LogP contribution in [-0.4, -0.2) is 24.7 Å². The molecular weight excluding hydrogens is 273 g/mol. The summed E-state index contributed by atoms with van der Waals surface area (Å²) < 4.78 is 19.2. The molecule has 0 aromatic heterocycles. The minimum Gasteiger partial charge on any atom is -0.497 e. The molecule has 0 radical (unpaired) electrons. The van der Waals surface area contributed by atoms with Gasteiger partial charge in [0.05, 0.1) is 7.11 Å². The summed E-state index contributed by atoms with van der Waals surface area (Å²) in [5.74, 6) is 1.33. The van der Waals surface area contributed by atoms with Crippen molar-refractivity contribution < 1.29 is 9.13 Å². The first-order valence-corrected chi connectivity index (χ1v) is 8.48. The van der Waals surface area contributed by atoms with Crippen LogP contribution in [0.5, 0.6) is 5.75 Å². The Morgan fingerprint density at radius 2 is 2.15 bits per heavy atom. The molecular formula is C16H24FNOS. The number of ether oxygens (including phenoxy) is 1. The molecule has 0 aliphatic heterocycles. The molecule has 2 rings (SSSR count). The highest BCUT2D eigenvalue weighted by molar-refractivity contribution is 7.99. The summed E-state index contributed by atoms with van der Waals surface area (Å²) in [6.45, 7) is 2.91. The Hall–Kier alpha value is -0.740. The summed E-state index contributed by atoms with van der Waals surface area (Å²) in [5.41, 5.74) is 0.748. The number of methoxy groups -OCH3 is 1. The Morgan fingerprint density at radius 1 is 1.40 bits per heavy atom. The Kier molecular flexibility index (Phi) is 6.17. The fraction of sp³-hybridized carbons (Fsp3) is 0.625. The second-order valence-electron chi connectivity index (χ2n) is 5.24. The van der Waals surface area contributed by atoms with Crippen molar-refractivity contribution in [1.29, 1.82) is 0 Å². The quantitative estimate of drug-likeness (QED) is 0.816. The maximum atomic E-state index is 14.2. The van der Waals surface area contributed by atoms with Crippen molar-refractivity contribution in [3.8, 4) is 5.75 Å². The van der Waals surface area contributed by atoms with E-state index in [1.165, 1.54) is 31.7 Å². The first-order valence-electron chi connectivity index (χ1n) is 7.43. The molecule has 1 fully saturated rings. The van der Waals surface area contributed by atoms with E-state index in [-0.39, 0.29) is 11.9 Å². The van der Waals surface area contributed by atoms with Crippen molar-refractivity contribution in [2.75, 3.05) is 19.4 Å². The lowest BCUT2D eigenvalue weighted by Crippen LogP contribution is -2.24. The first-order chi connectivity index (χ1) is 9.74. The van der Waals surface area contributed by atoms with E-state index in [1.54, 1.807) is 7.11 Å². The van der Waals surface area contributed by atoms with Crippen LogP contribution >= 0.6 is 11.8 Å². The van der Waals surface area contributed by atoms with Crippen molar-refractivity contribution in [1.82, 2.24) is 5.32 Å². The van der Waals surface area contributed by atoms with Crippen LogP contribution < -0.4 is 10.1 Å². The van der Waals surface area contributed by atoms with E-state index in [2.05, 4.69) is 12.2 Å². The van der Waals surface area contributed by atoms with Crippen LogP contribution in [-0.2, 0) is 0 Å². The molecule has 0 saturated heterocycles. The van der Waals surface area contributed by atoms with Crippen LogP contribution in [0.2, 0.25) is 0 Å². The standard InChI is InChI=1S/C16H24FNOS/c1-3-18-16(11-20-13-6-4-5-7-13)14-9-8-12(19-2)10-15(14)17/h8-10,13,16,18H,3-7,11H2,1-2H3. The van der Waals surface area contributed by atoms with Crippen LogP contribution in [0.3, 0.4) is 0 Å². The second-order valence-corrected chi connectivity index (χ2v) is 6.57. The average Bonchev–Trinajstić information content (AvgIpc) is 2.97. The fourth-order valence-electron chi connectivity index (χ4n) is 2.71. The van der Waals surface area contributed by atoms with Crippen molar-refractivity contribution in [3.63, 3.8) is 0 Å². The van der Waals surface area contributed by atoms with Crippen LogP contribution in [0.25, 0.3) is 0 Å². The van der Waals surface area contributed by atoms with Gasteiger partial charge in [0, 0.05) is 28.7 Å². The van der Waals surface area contributed by atoms with E-state index in [9.17, 15) is 4.39 Å². The molecule has 1 aromatic carbocycles. The minimum atomic E-state index is -0.178. The Balaban J connectivity index is 2.02. The summed E-state index contributed by atoms with van der Waals surface area (Å²) in [6.07, 6.45) is 5.32. The molecule has 112 valence electrons. The molecule has 1 N–H and O–H groups in total. The summed E-state index contributed by atoms with van der Waals surface area (Å²) >= 11 is 1.99. The van der Waals surface area contributed by atoms with Crippen LogP contribution in [0.4, 0.5) is 4.39 Å². The zero-order valence-electron chi connectivity index (χ0n) is 12.3. The summed E-state index contributed by atoms with van der Waals surface area (Å²) in [4.78, 5) is 0. The van der Waals surface area contributed by atoms with Crippen LogP contribution in [0.1, 0.15) is 44.2 Å². The van der Waals surface area contributed by atoms with E-state index >= 15 is 0 Å². The first kappa shape index (κ1) is 15.6. The summed E-state index contributed by atoms with van der Waals surface area (Å²) in [7, 11) is 1.56. The molecule has 1 aromatic rings. The van der Waals surface area contributed by atoms with Crippen molar-refractivity contribution >= 4 is 11.8 Å². The number of thioether (sulfide) groups is 1. The zero-order valence-corrected chi connectivity index (χ0v) is 13.1. The van der Waals surface area contributed by atoms with Gasteiger partial charge in [-0.2, -0.15) is 11.8 Å². The Labute approximate surface area is 125 Å². The van der Waals surface area contributed by atoms with Gasteiger partial charge in [0.1, 0.15) is 11.6 Å². The molecule has 1 unspecified atom stereocenters. The van der Waals surface area contributed by atoms with Gasteiger partial charge >= 0.3 is 0 Å². The second kappa shape index (κ2) is 7.89. The molecule has 20 heavy (non-hydrogen) atoms. The third kappa shape index (κ3) is 4.13. The van der Waals surface area contributed by atoms with Gasteiger partial charge in [-0.3, -0.25) is 0 Å². The molecule has 0 bridgehead atoms. The van der Waals surface area contributed by atoms with Crippen molar-refractivity contribution in [2.24, 2.45) is 0 Å². The van der Waals surface area contributed by atoms with Gasteiger partial charge in [-0.05, 0) is 25.5 Å². The number of nitrogens with one attached hydrogen (secondary N) is 1. The van der Waals surface area contributed by atoms with Crippen LogP contribution in [0.15, 0.2) is 18.2 Å². The maximum absolute atomic E-state index is 14.2. The van der Waals surface area contributed by atoms with E-state index in [1.807, 2.05) is 23.9 Å². The molecule has 0 amide bonds. The SMILES string of the molecule is CCNC(CSC1CCCC1)c1ccc(OC)cc1F. The van der Waals surface area contributed by atoms with Gasteiger partial charge in [-0.1, -0.05) is 25.8 Å². The van der Waals surface area contributed by atoms with E-state index in [0.29, 0.717) is 5.75 Å². The predicted molar refractivity (Wildman–Crippen MR) is 84.1 cm³/mol. The molecule has 1 atom stereocenters. The number of rotatable bonds is 7. The number of benzene rings is 1. The molecule has 0 spiro atoms. The molecule has 0 heterocycles. The monoisotopic (exact) mass is 297 g/mol. The summed E-state index contributed by atoms with van der Waals surface area (Å²) in [5, 5.41) is 4.16. The zero-order chi connectivity index (χ0) is 14.4. The van der Waals surface area contributed by atoms with Gasteiger partial charge < -0.3 is 10.1 Å². The van der Waals surface area contributed by atoms with E-state index in [4.69, 9.17) is 4.74 Å². The lowest BCUT2D eigenvalue weighted by atomic mass is 10.1. The Bertz CT molecular complexity index is 421. The lowest BCUT2D eigenvalue weighted by molar-refractivity contribution is 0.409. The lowest BCUT2D eigenvalue weighted by Gasteiger charge is -2.21. The predicted octanol–water partition coefficient (Wildman–Crippen LogP) is 4.16. The summed E-state index contributed by atoms with van der Waals surface area (Å²) in [6, 6.07) is 5.23. The highest BCUT2D eigenvalue weighted by atomic mass is 32.2. The molecule has 1 saturated carbocycles. The molecule has 1 aliphatic rings. The number of halogens is 1. The van der Waals surface area contributed by atoms with Crippen molar-refractivity contribution in [2.45, 2.75) is 43.9 Å². The molecule has 2 nitrogen and oxygen atoms in total. The average molecular weight is 297 g/mol. The highest BCUT2D eigenvalue weighted by Gasteiger charge is 2.20. The number of hydrogen-bond donors (Lipinski definition) is 1. The van der Waals surface area contributed by atoms with E-state index in [0.717, 1.165) is 23.1 Å². The van der Waals surface area contributed by atoms with Crippen molar-refractivity contribution in [3.05, 3.63) is 29.6 Å². The smallest absolute Gasteiger partial charge is 0.131 e. The normalized spacial score (nSPS) is 17.4. The van der Waals surface area contributed by atoms with E-state index < -0.39 is 0 Å². The number of hydrogen-bond acceptors (Lipinski definition) is 3. The van der Waals surface area contributed by atoms with Crippen LogP contribution in [0, 0.1) is 5.82 Å². The van der Waals surface area contributed by atoms with Gasteiger partial charge in [-0.25, -0.2) is 4.39 Å². The minimum absolute atomic E-state index is 0.0801. The largest absolute Gasteiger partial charge is 0.497 e. The van der Waals surface area contributed by atoms with Gasteiger partial charge in [0.2, 0.25) is 0 Å². The highest BCUT2D eigenvalue weighted by Crippen LogP contribution is 2.33. The maximum Gasteiger partial charge on any atom is 0.131 e. The van der Waals surface area contributed by atoms with Gasteiger partial charge in [0.15, 0.2) is 0 Å². The fourth-order valence-corrected chi connectivity index (χ4v) is 4.14. The molecule has 1 aliphatic carbocycles. The molecule has 4 heteroatoms. The van der Waals surface area contributed by atoms with Gasteiger partial charge in [0.25, 0.3) is 0 Å². The third-order valence-corrected chi connectivity index (χ3v) is 5.30. The van der Waals surface area contributed by atoms with Gasteiger partial charge in [-0.15, -0.1) is 0 Å². The third-order valence-electron chi connectivity index (χ3n) is 3.83.